The van der Waals surface area contributed by atoms with Crippen LogP contribution in [0.5, 0.6) is 11.5 Å². The van der Waals surface area contributed by atoms with E-state index in [1.807, 2.05) is 0 Å². The molecule has 1 rings (SSSR count). The van der Waals surface area contributed by atoms with Crippen LogP contribution in [-0.2, 0) is 0 Å². The summed E-state index contributed by atoms with van der Waals surface area (Å²) in [6, 6.07) is 2.84. The summed E-state index contributed by atoms with van der Waals surface area (Å²) < 4.78 is 36.6. The Morgan fingerprint density at radius 3 is 2.19 bits per heavy atom. The summed E-state index contributed by atoms with van der Waals surface area (Å²) in [6.45, 7) is -1.66. The summed E-state index contributed by atoms with van der Waals surface area (Å²) in [4.78, 5) is 11.8. The standard InChI is InChI=1S/C12H15BrF2N2O3.ClH/c1-19-8-3-7(4-9(20-2)10(8)13)11(18)17-6-12(14,15)5-16;/h3-4H,5-6,16H2,1-2H3,(H,17,18);1H. The SMILES string of the molecule is COc1cc(C(=O)NCC(F)(F)CN)cc(OC)c1Br.Cl. The number of benzene rings is 1. The minimum atomic E-state index is -3.14. The number of ether oxygens (including phenoxy) is 2. The Labute approximate surface area is 135 Å². The van der Waals surface area contributed by atoms with Gasteiger partial charge < -0.3 is 20.5 Å². The molecular formula is C12H16BrClF2N2O3. The smallest absolute Gasteiger partial charge is 0.277 e. The minimum absolute atomic E-state index is 0. The van der Waals surface area contributed by atoms with Gasteiger partial charge in [-0.2, -0.15) is 0 Å². The molecule has 0 aliphatic heterocycles. The molecule has 0 spiro atoms. The van der Waals surface area contributed by atoms with E-state index >= 15 is 0 Å². The highest BCUT2D eigenvalue weighted by molar-refractivity contribution is 9.10. The van der Waals surface area contributed by atoms with Crippen molar-refractivity contribution in [2.24, 2.45) is 5.73 Å². The molecular weight excluding hydrogens is 373 g/mol. The molecule has 0 radical (unpaired) electrons. The van der Waals surface area contributed by atoms with Crippen LogP contribution in [0.1, 0.15) is 10.4 Å². The number of methoxy groups -OCH3 is 2. The maximum atomic E-state index is 13.0. The van der Waals surface area contributed by atoms with Gasteiger partial charge in [-0.05, 0) is 28.1 Å². The monoisotopic (exact) mass is 388 g/mol. The molecule has 0 saturated carbocycles. The highest BCUT2D eigenvalue weighted by Gasteiger charge is 2.27. The van der Waals surface area contributed by atoms with E-state index in [-0.39, 0.29) is 18.0 Å². The third-order valence-corrected chi connectivity index (χ3v) is 3.30. The Kier molecular flexibility index (Phi) is 7.91. The topological polar surface area (TPSA) is 73.6 Å². The molecule has 0 unspecified atom stereocenters. The Morgan fingerprint density at radius 2 is 1.81 bits per heavy atom. The maximum absolute atomic E-state index is 13.0. The number of nitrogens with one attached hydrogen (secondary N) is 1. The van der Waals surface area contributed by atoms with E-state index in [0.29, 0.717) is 16.0 Å². The van der Waals surface area contributed by atoms with Crippen molar-refractivity contribution < 1.29 is 23.0 Å². The lowest BCUT2D eigenvalue weighted by atomic mass is 10.2. The largest absolute Gasteiger partial charge is 0.495 e. The number of rotatable bonds is 6. The van der Waals surface area contributed by atoms with Crippen LogP contribution in [0, 0.1) is 0 Å². The zero-order valence-corrected chi connectivity index (χ0v) is 13.8. The van der Waals surface area contributed by atoms with Crippen LogP contribution >= 0.6 is 28.3 Å². The number of hydrogen-bond donors (Lipinski definition) is 2. The zero-order chi connectivity index (χ0) is 15.3. The molecule has 3 N–H and O–H groups in total. The second kappa shape index (κ2) is 8.35. The van der Waals surface area contributed by atoms with E-state index in [2.05, 4.69) is 21.2 Å². The van der Waals surface area contributed by atoms with Gasteiger partial charge in [0.15, 0.2) is 0 Å². The molecule has 1 amide bonds. The fraction of sp³-hybridized carbons (Fsp3) is 0.417. The van der Waals surface area contributed by atoms with E-state index in [0.717, 1.165) is 0 Å². The first-order valence-corrected chi connectivity index (χ1v) is 6.41. The number of carbonyl (C=O) groups excluding carboxylic acids is 1. The van der Waals surface area contributed by atoms with Crippen molar-refractivity contribution >= 4 is 34.2 Å². The van der Waals surface area contributed by atoms with Crippen LogP contribution in [0.15, 0.2) is 16.6 Å². The van der Waals surface area contributed by atoms with Gasteiger partial charge in [-0.1, -0.05) is 0 Å². The fourth-order valence-electron chi connectivity index (χ4n) is 1.38. The lowest BCUT2D eigenvalue weighted by molar-refractivity contribution is 0.0118. The average molecular weight is 390 g/mol. The molecule has 21 heavy (non-hydrogen) atoms. The third-order valence-electron chi connectivity index (χ3n) is 2.51. The Hall–Kier alpha value is -1.12. The number of alkyl halides is 2. The Morgan fingerprint density at radius 1 is 1.33 bits per heavy atom. The molecule has 120 valence electrons. The van der Waals surface area contributed by atoms with Gasteiger partial charge in [-0.25, -0.2) is 8.78 Å². The van der Waals surface area contributed by atoms with Crippen LogP contribution in [0.25, 0.3) is 0 Å². The van der Waals surface area contributed by atoms with E-state index in [1.165, 1.54) is 26.4 Å². The van der Waals surface area contributed by atoms with Gasteiger partial charge in [0.05, 0.1) is 27.3 Å². The summed E-state index contributed by atoms with van der Waals surface area (Å²) in [7, 11) is 2.84. The van der Waals surface area contributed by atoms with E-state index in [1.54, 1.807) is 0 Å². The van der Waals surface area contributed by atoms with Gasteiger partial charge in [-0.15, -0.1) is 12.4 Å². The second-order valence-corrected chi connectivity index (χ2v) is 4.73. The quantitative estimate of drug-likeness (QED) is 0.782. The normalized spacial score (nSPS) is 10.6. The Balaban J connectivity index is 0.00000400. The van der Waals surface area contributed by atoms with Gasteiger partial charge in [0, 0.05) is 5.56 Å². The van der Waals surface area contributed by atoms with Gasteiger partial charge in [0.1, 0.15) is 16.0 Å². The average Bonchev–Trinajstić information content (AvgIpc) is 2.45. The van der Waals surface area contributed by atoms with Crippen molar-refractivity contribution in [3.63, 3.8) is 0 Å². The molecule has 0 aliphatic carbocycles. The first-order valence-electron chi connectivity index (χ1n) is 5.62. The van der Waals surface area contributed by atoms with Crippen molar-refractivity contribution in [1.29, 1.82) is 0 Å². The van der Waals surface area contributed by atoms with Gasteiger partial charge >= 0.3 is 0 Å². The maximum Gasteiger partial charge on any atom is 0.277 e. The predicted octanol–water partition coefficient (Wildman–Crippen LogP) is 2.21. The fourth-order valence-corrected chi connectivity index (χ4v) is 1.94. The molecule has 0 saturated heterocycles. The predicted molar refractivity (Wildman–Crippen MR) is 80.8 cm³/mol. The van der Waals surface area contributed by atoms with Crippen LogP contribution in [0.4, 0.5) is 8.78 Å². The van der Waals surface area contributed by atoms with Gasteiger partial charge in [0.2, 0.25) is 0 Å². The summed E-state index contributed by atoms with van der Waals surface area (Å²) in [5.41, 5.74) is 5.04. The lowest BCUT2D eigenvalue weighted by Crippen LogP contribution is -2.41. The Bertz CT molecular complexity index is 478. The second-order valence-electron chi connectivity index (χ2n) is 3.94. The molecule has 0 aliphatic rings. The summed E-state index contributed by atoms with van der Waals surface area (Å²) >= 11 is 3.25. The lowest BCUT2D eigenvalue weighted by Gasteiger charge is -2.15. The van der Waals surface area contributed by atoms with Crippen molar-refractivity contribution in [3.8, 4) is 11.5 Å². The number of amides is 1. The highest BCUT2D eigenvalue weighted by atomic mass is 79.9. The van der Waals surface area contributed by atoms with E-state index in [4.69, 9.17) is 15.2 Å². The van der Waals surface area contributed by atoms with E-state index < -0.39 is 24.9 Å². The van der Waals surface area contributed by atoms with Crippen LogP contribution < -0.4 is 20.5 Å². The molecule has 0 bridgehead atoms. The van der Waals surface area contributed by atoms with E-state index in [9.17, 15) is 13.6 Å². The summed E-state index contributed by atoms with van der Waals surface area (Å²) in [5, 5.41) is 2.12. The van der Waals surface area contributed by atoms with Gasteiger partial charge in [0.25, 0.3) is 11.8 Å². The van der Waals surface area contributed by atoms with Crippen LogP contribution in [-0.4, -0.2) is 39.1 Å². The molecule has 1 aromatic carbocycles. The molecule has 9 heteroatoms. The summed E-state index contributed by atoms with van der Waals surface area (Å²) in [5.74, 6) is -3.08. The molecule has 1 aromatic rings. The van der Waals surface area contributed by atoms with Crippen molar-refractivity contribution in [1.82, 2.24) is 5.32 Å². The van der Waals surface area contributed by atoms with Crippen molar-refractivity contribution in [2.45, 2.75) is 5.92 Å². The molecule has 0 aromatic heterocycles. The van der Waals surface area contributed by atoms with Crippen LogP contribution in [0.2, 0.25) is 0 Å². The van der Waals surface area contributed by atoms with Crippen molar-refractivity contribution in [2.75, 3.05) is 27.3 Å². The molecule has 0 fully saturated rings. The first kappa shape index (κ1) is 19.9. The molecule has 0 heterocycles. The highest BCUT2D eigenvalue weighted by Crippen LogP contribution is 2.35. The van der Waals surface area contributed by atoms with Crippen molar-refractivity contribution in [3.05, 3.63) is 22.2 Å². The zero-order valence-electron chi connectivity index (χ0n) is 11.4. The number of halogens is 4. The first-order chi connectivity index (χ1) is 9.34. The van der Waals surface area contributed by atoms with Gasteiger partial charge in [-0.3, -0.25) is 4.79 Å². The molecule has 0 atom stereocenters. The minimum Gasteiger partial charge on any atom is -0.495 e. The molecule has 5 nitrogen and oxygen atoms in total. The number of nitrogens with two attached hydrogens (primary N) is 1. The number of hydrogen-bond acceptors (Lipinski definition) is 4. The third kappa shape index (κ3) is 5.29. The summed E-state index contributed by atoms with van der Waals surface area (Å²) in [6.07, 6.45) is 0. The van der Waals surface area contributed by atoms with Crippen LogP contribution in [0.3, 0.4) is 0 Å². The number of carbonyl (C=O) groups is 1.